The van der Waals surface area contributed by atoms with Crippen LogP contribution in [-0.4, -0.2) is 76.6 Å². The van der Waals surface area contributed by atoms with Crippen molar-refractivity contribution in [3.8, 4) is 0 Å². The number of rotatable bonds is 6. The molecule has 0 aliphatic carbocycles. The summed E-state index contributed by atoms with van der Waals surface area (Å²) in [5.74, 6) is -0.188. The number of halogens is 2. The highest BCUT2D eigenvalue weighted by Gasteiger charge is 2.49. The first kappa shape index (κ1) is 29.3. The number of hydrogen-bond donors (Lipinski definition) is 1. The van der Waals surface area contributed by atoms with Crippen LogP contribution in [0, 0.1) is 5.82 Å². The van der Waals surface area contributed by atoms with Crippen molar-refractivity contribution >= 4 is 29.3 Å². The van der Waals surface area contributed by atoms with Gasteiger partial charge in [-0.3, -0.25) is 14.2 Å². The van der Waals surface area contributed by atoms with E-state index in [1.165, 1.54) is 12.1 Å². The van der Waals surface area contributed by atoms with Crippen molar-refractivity contribution in [2.75, 3.05) is 38.0 Å². The van der Waals surface area contributed by atoms with Gasteiger partial charge in [-0.15, -0.1) is 0 Å². The molecule has 1 N–H and O–H groups in total. The Labute approximate surface area is 236 Å². The van der Waals surface area contributed by atoms with E-state index in [0.717, 1.165) is 29.7 Å². The second kappa shape index (κ2) is 11.8. The summed E-state index contributed by atoms with van der Waals surface area (Å²) in [6, 6.07) is 12.4. The number of carbonyl (C=O) groups is 2. The highest BCUT2D eigenvalue weighted by molar-refractivity contribution is 6.31. The predicted molar refractivity (Wildman–Crippen MR) is 150 cm³/mol. The third kappa shape index (κ3) is 6.56. The van der Waals surface area contributed by atoms with Gasteiger partial charge < -0.3 is 20.1 Å². The fourth-order valence-corrected chi connectivity index (χ4v) is 6.52. The van der Waals surface area contributed by atoms with Gasteiger partial charge in [-0.1, -0.05) is 29.8 Å². The molecule has 0 radical (unpaired) electrons. The van der Waals surface area contributed by atoms with Gasteiger partial charge in [0.05, 0.1) is 25.0 Å². The third-order valence-electron chi connectivity index (χ3n) is 8.48. The van der Waals surface area contributed by atoms with Gasteiger partial charge in [0.25, 0.3) is 6.09 Å². The van der Waals surface area contributed by atoms with Gasteiger partial charge in [0.2, 0.25) is 5.91 Å². The number of hydrogen-bond acceptors (Lipinski definition) is 5. The number of nitrogens with zero attached hydrogens (tertiary/aromatic N) is 3. The Morgan fingerprint density at radius 2 is 1.85 bits per heavy atom. The van der Waals surface area contributed by atoms with E-state index in [0.29, 0.717) is 50.7 Å². The topological polar surface area (TPSA) is 75.7 Å². The Morgan fingerprint density at radius 3 is 2.44 bits per heavy atom. The highest BCUT2D eigenvalue weighted by atomic mass is 35.5. The first-order valence-electron chi connectivity index (χ1n) is 13.8. The fraction of sp³-hybridized carbons (Fsp3) is 0.533. The lowest BCUT2D eigenvalue weighted by atomic mass is 9.95. The number of anilines is 1. The summed E-state index contributed by atoms with van der Waals surface area (Å²) in [7, 11) is 0. The molecule has 2 heterocycles. The van der Waals surface area contributed by atoms with E-state index >= 15 is 0 Å². The summed E-state index contributed by atoms with van der Waals surface area (Å²) >= 11 is 6.65. The quantitative estimate of drug-likeness (QED) is 0.535. The van der Waals surface area contributed by atoms with E-state index < -0.39 is 11.6 Å². The number of likely N-dealkylation sites (tertiary alicyclic amines) is 1. The molecule has 2 aromatic rings. The fourth-order valence-electron chi connectivity index (χ4n) is 6.25. The van der Waals surface area contributed by atoms with Gasteiger partial charge >= 0.3 is 0 Å². The maximum Gasteiger partial charge on any atom is 0.258 e. The lowest BCUT2D eigenvalue weighted by molar-refractivity contribution is -0.943. The van der Waals surface area contributed by atoms with Crippen LogP contribution < -0.4 is 10.4 Å². The minimum atomic E-state index is -1.02. The summed E-state index contributed by atoms with van der Waals surface area (Å²) in [6.07, 6.45) is 0.890. The second-order valence-corrected chi connectivity index (χ2v) is 12.4. The molecule has 2 aliphatic rings. The van der Waals surface area contributed by atoms with E-state index in [-0.39, 0.29) is 28.3 Å². The molecule has 0 saturated carbocycles. The Kier molecular flexibility index (Phi) is 8.88. The largest absolute Gasteiger partial charge is 0.498 e. The van der Waals surface area contributed by atoms with Gasteiger partial charge in [0.15, 0.2) is 0 Å². The van der Waals surface area contributed by atoms with Gasteiger partial charge in [0.1, 0.15) is 11.9 Å². The molecule has 1 unspecified atom stereocenters. The Balaban J connectivity index is 1.29. The van der Waals surface area contributed by atoms with E-state index in [9.17, 15) is 19.1 Å². The molecular weight excluding hydrogens is 519 g/mol. The van der Waals surface area contributed by atoms with Crippen LogP contribution in [0.5, 0.6) is 0 Å². The molecule has 0 bridgehead atoms. The molecule has 2 amide bonds. The second-order valence-electron chi connectivity index (χ2n) is 12.0. The first-order chi connectivity index (χ1) is 18.4. The Hall–Kier alpha value is -2.68. The summed E-state index contributed by atoms with van der Waals surface area (Å²) < 4.78 is 13.4. The van der Waals surface area contributed by atoms with Crippen LogP contribution in [0.1, 0.15) is 51.7 Å². The molecule has 0 spiro atoms. The third-order valence-corrected chi connectivity index (χ3v) is 8.83. The molecule has 2 saturated heterocycles. The number of piperidine rings is 1. The van der Waals surface area contributed by atoms with Gasteiger partial charge in [-0.2, -0.15) is 0 Å². The van der Waals surface area contributed by atoms with Crippen molar-refractivity contribution in [3.05, 3.63) is 64.4 Å². The van der Waals surface area contributed by atoms with E-state index in [1.807, 2.05) is 56.9 Å². The van der Waals surface area contributed by atoms with Crippen LogP contribution >= 0.6 is 11.6 Å². The molecule has 7 nitrogen and oxygen atoms in total. The molecule has 212 valence electrons. The van der Waals surface area contributed by atoms with Crippen LogP contribution in [0.4, 0.5) is 14.9 Å². The SMILES string of the molecule is C[C@H]1CN(Cc2ccc(CC(=O)N3CCC(Nc4cccc(F)c4)CC3)cc2Cl)CC[N+]1(C(=O)[O-])C(C)(C)C. The lowest BCUT2D eigenvalue weighted by Gasteiger charge is -2.55. The zero-order valence-corrected chi connectivity index (χ0v) is 24.1. The molecule has 2 atom stereocenters. The average molecular weight is 559 g/mol. The predicted octanol–water partition coefficient (Wildman–Crippen LogP) is 4.29. The van der Waals surface area contributed by atoms with Crippen molar-refractivity contribution in [1.82, 2.24) is 9.80 Å². The highest BCUT2D eigenvalue weighted by Crippen LogP contribution is 2.32. The number of piperazine rings is 1. The summed E-state index contributed by atoms with van der Waals surface area (Å²) in [4.78, 5) is 29.3. The monoisotopic (exact) mass is 558 g/mol. The van der Waals surface area contributed by atoms with Crippen LogP contribution in [0.2, 0.25) is 5.02 Å². The zero-order valence-electron chi connectivity index (χ0n) is 23.4. The molecule has 2 aliphatic heterocycles. The van der Waals surface area contributed by atoms with Crippen molar-refractivity contribution in [2.45, 2.75) is 71.1 Å². The van der Waals surface area contributed by atoms with Crippen molar-refractivity contribution in [2.24, 2.45) is 0 Å². The number of carboxylic acid groups (broad SMARTS) is 1. The Bertz CT molecular complexity index is 1190. The van der Waals surface area contributed by atoms with Gasteiger partial charge in [0, 0.05) is 42.9 Å². The molecule has 4 rings (SSSR count). The van der Waals surface area contributed by atoms with Crippen molar-refractivity contribution in [3.63, 3.8) is 0 Å². The molecule has 2 aromatic carbocycles. The summed E-state index contributed by atoms with van der Waals surface area (Å²) in [5, 5.41) is 16.2. The zero-order chi connectivity index (χ0) is 28.4. The summed E-state index contributed by atoms with van der Waals surface area (Å²) in [5.41, 5.74) is 2.15. The molecule has 39 heavy (non-hydrogen) atoms. The Morgan fingerprint density at radius 1 is 1.13 bits per heavy atom. The minimum Gasteiger partial charge on any atom is -0.498 e. The number of carbonyl (C=O) groups excluding carboxylic acids is 2. The van der Waals surface area contributed by atoms with Crippen LogP contribution in [0.3, 0.4) is 0 Å². The van der Waals surface area contributed by atoms with E-state index in [1.54, 1.807) is 6.07 Å². The van der Waals surface area contributed by atoms with Crippen LogP contribution in [0.25, 0.3) is 0 Å². The number of benzene rings is 2. The number of nitrogens with one attached hydrogen (secondary N) is 1. The van der Waals surface area contributed by atoms with Crippen molar-refractivity contribution < 1.29 is 23.6 Å². The minimum absolute atomic E-state index is 0.0591. The van der Waals surface area contributed by atoms with Gasteiger partial charge in [-0.05, 0) is 75.9 Å². The molecule has 2 fully saturated rings. The van der Waals surface area contributed by atoms with E-state index in [2.05, 4.69) is 10.2 Å². The first-order valence-corrected chi connectivity index (χ1v) is 14.2. The van der Waals surface area contributed by atoms with Crippen LogP contribution in [-0.2, 0) is 17.8 Å². The molecule has 0 aromatic heterocycles. The number of amides is 2. The number of quaternary nitrogens is 1. The molecular formula is C30H40ClFN4O3. The lowest BCUT2D eigenvalue weighted by Crippen LogP contribution is -2.76. The van der Waals surface area contributed by atoms with Crippen molar-refractivity contribution in [1.29, 1.82) is 0 Å². The average Bonchev–Trinajstić information content (AvgIpc) is 2.85. The smallest absolute Gasteiger partial charge is 0.258 e. The molecule has 9 heteroatoms. The standard InChI is InChI=1S/C30H40ClFN4O3/c1-21-19-34(14-15-36(21,29(38)39)30(2,3)4)20-23-9-8-22(16-27(23)31)17-28(37)35-12-10-25(11-13-35)33-26-7-5-6-24(32)18-26/h5-9,16,18,21,25,33H,10-15,17,19-20H2,1-4H3/t21-,36?/m0/s1. The van der Waals surface area contributed by atoms with E-state index in [4.69, 9.17) is 11.6 Å². The van der Waals surface area contributed by atoms with Crippen LogP contribution in [0.15, 0.2) is 42.5 Å². The normalized spacial score (nSPS) is 23.0. The maximum absolute atomic E-state index is 13.4. The van der Waals surface area contributed by atoms with Gasteiger partial charge in [-0.25, -0.2) is 4.39 Å². The maximum atomic E-state index is 13.4. The summed E-state index contributed by atoms with van der Waals surface area (Å²) in [6.45, 7) is 11.5.